The lowest BCUT2D eigenvalue weighted by atomic mass is 9.72. The summed E-state index contributed by atoms with van der Waals surface area (Å²) < 4.78 is 21.2. The number of carbonyl (C=O) groups is 1. The highest BCUT2D eigenvalue weighted by Crippen LogP contribution is 2.47. The number of imidazole rings is 1. The number of methoxy groups -OCH3 is 1. The lowest BCUT2D eigenvalue weighted by molar-refractivity contribution is -0.116. The average molecular weight is 524 g/mol. The van der Waals surface area contributed by atoms with E-state index in [0.29, 0.717) is 12.3 Å². The van der Waals surface area contributed by atoms with Gasteiger partial charge in [-0.25, -0.2) is 9.37 Å². The highest BCUT2D eigenvalue weighted by Gasteiger charge is 2.39. The molecular formula is C33H34FN3O2. The summed E-state index contributed by atoms with van der Waals surface area (Å²) in [5.74, 6) is 0.342. The van der Waals surface area contributed by atoms with Crippen molar-refractivity contribution in [1.29, 1.82) is 0 Å². The van der Waals surface area contributed by atoms with Crippen molar-refractivity contribution in [1.82, 2.24) is 14.9 Å². The van der Waals surface area contributed by atoms with Gasteiger partial charge < -0.3 is 14.6 Å². The Morgan fingerprint density at radius 2 is 1.95 bits per heavy atom. The molecule has 4 aromatic rings. The van der Waals surface area contributed by atoms with E-state index in [-0.39, 0.29) is 17.1 Å². The summed E-state index contributed by atoms with van der Waals surface area (Å²) in [4.78, 5) is 16.9. The molecule has 5 rings (SSSR count). The van der Waals surface area contributed by atoms with Crippen molar-refractivity contribution in [2.24, 2.45) is 0 Å². The molecule has 1 amide bonds. The zero-order valence-corrected chi connectivity index (χ0v) is 22.7. The van der Waals surface area contributed by atoms with Gasteiger partial charge in [-0.05, 0) is 92.1 Å². The van der Waals surface area contributed by atoms with E-state index >= 15 is 0 Å². The van der Waals surface area contributed by atoms with Crippen molar-refractivity contribution in [2.45, 2.75) is 44.9 Å². The number of nitrogens with zero attached hydrogens (tertiary/aromatic N) is 2. The Hall–Kier alpha value is -4.19. The second kappa shape index (κ2) is 11.3. The molecule has 0 fully saturated rings. The zero-order valence-electron chi connectivity index (χ0n) is 22.7. The maximum absolute atomic E-state index is 13.7. The van der Waals surface area contributed by atoms with Crippen LogP contribution in [0.5, 0.6) is 5.75 Å². The van der Waals surface area contributed by atoms with E-state index in [2.05, 4.69) is 35.4 Å². The molecule has 1 aromatic heterocycles. The Kier molecular flexibility index (Phi) is 7.64. The van der Waals surface area contributed by atoms with Crippen LogP contribution in [0.4, 0.5) is 4.39 Å². The van der Waals surface area contributed by atoms with Crippen molar-refractivity contribution >= 4 is 12.0 Å². The van der Waals surface area contributed by atoms with Crippen molar-refractivity contribution in [2.75, 3.05) is 13.7 Å². The Labute approximate surface area is 229 Å². The first-order chi connectivity index (χ1) is 18.9. The molecule has 0 spiro atoms. The number of benzene rings is 3. The number of aromatic nitrogens is 2. The van der Waals surface area contributed by atoms with E-state index < -0.39 is 0 Å². The topological polar surface area (TPSA) is 56.1 Å². The van der Waals surface area contributed by atoms with Crippen molar-refractivity contribution in [3.63, 3.8) is 0 Å². The molecule has 1 N–H and O–H groups in total. The highest BCUT2D eigenvalue weighted by molar-refractivity contribution is 5.91. The molecule has 6 heteroatoms. The van der Waals surface area contributed by atoms with Crippen LogP contribution in [0.15, 0.2) is 79.3 Å². The first kappa shape index (κ1) is 26.4. The third-order valence-corrected chi connectivity index (χ3v) is 7.70. The van der Waals surface area contributed by atoms with Crippen molar-refractivity contribution in [3.05, 3.63) is 119 Å². The van der Waals surface area contributed by atoms with Gasteiger partial charge in [0.25, 0.3) is 0 Å². The standard InChI is InChI=1S/C33H34FN3O2/c1-23-5-8-26-15-17-33(29(26)19-23,27-9-11-28(34)12-10-27)16-4-18-35-32(38)14-7-25-6-13-30(31(20-25)39-3)37-21-24(2)36-22-37/h5-14,19-22H,4,15-18H2,1-3H3,(H,35,38). The van der Waals surface area contributed by atoms with E-state index in [9.17, 15) is 9.18 Å². The summed E-state index contributed by atoms with van der Waals surface area (Å²) in [7, 11) is 1.63. The van der Waals surface area contributed by atoms with Gasteiger partial charge in [0.05, 0.1) is 24.8 Å². The van der Waals surface area contributed by atoms with Crippen LogP contribution in [-0.2, 0) is 16.6 Å². The van der Waals surface area contributed by atoms with E-state index in [1.165, 1.54) is 16.7 Å². The molecule has 200 valence electrons. The number of nitrogens with one attached hydrogen (secondary N) is 1. The summed E-state index contributed by atoms with van der Waals surface area (Å²) in [6, 6.07) is 19.4. The Morgan fingerprint density at radius 3 is 2.69 bits per heavy atom. The predicted octanol–water partition coefficient (Wildman–Crippen LogP) is 6.48. The quantitative estimate of drug-likeness (QED) is 0.202. The number of rotatable bonds is 9. The van der Waals surface area contributed by atoms with Crippen LogP contribution in [0, 0.1) is 19.7 Å². The fraction of sp³-hybridized carbons (Fsp3) is 0.273. The molecule has 1 heterocycles. The molecule has 0 bridgehead atoms. The van der Waals surface area contributed by atoms with Crippen LogP contribution in [0.2, 0.25) is 0 Å². The van der Waals surface area contributed by atoms with Crippen molar-refractivity contribution < 1.29 is 13.9 Å². The molecule has 1 unspecified atom stereocenters. The fourth-order valence-electron chi connectivity index (χ4n) is 5.71. The molecule has 1 aliphatic rings. The second-order valence-corrected chi connectivity index (χ2v) is 10.3. The maximum atomic E-state index is 13.7. The Balaban J connectivity index is 1.23. The van der Waals surface area contributed by atoms with Gasteiger partial charge in [-0.2, -0.15) is 0 Å². The SMILES string of the molecule is COc1cc(C=CC(=O)NCCCC2(c3ccc(F)cc3)CCc3ccc(C)cc32)ccc1-n1cnc(C)c1. The van der Waals surface area contributed by atoms with Gasteiger partial charge in [0.1, 0.15) is 11.6 Å². The molecule has 0 saturated heterocycles. The summed E-state index contributed by atoms with van der Waals surface area (Å²) in [6.45, 7) is 4.62. The largest absolute Gasteiger partial charge is 0.495 e. The predicted molar refractivity (Wildman–Crippen MR) is 153 cm³/mol. The van der Waals surface area contributed by atoms with Crippen LogP contribution in [0.25, 0.3) is 11.8 Å². The molecule has 5 nitrogen and oxygen atoms in total. The zero-order chi connectivity index (χ0) is 27.4. The third kappa shape index (κ3) is 5.65. The number of halogens is 1. The second-order valence-electron chi connectivity index (χ2n) is 10.3. The van der Waals surface area contributed by atoms with Crippen molar-refractivity contribution in [3.8, 4) is 11.4 Å². The van der Waals surface area contributed by atoms with Gasteiger partial charge >= 0.3 is 0 Å². The van der Waals surface area contributed by atoms with E-state index in [0.717, 1.165) is 48.2 Å². The lowest BCUT2D eigenvalue weighted by Gasteiger charge is -2.32. The number of ether oxygens (including phenoxy) is 1. The van der Waals surface area contributed by atoms with Crippen LogP contribution in [-0.4, -0.2) is 29.1 Å². The van der Waals surface area contributed by atoms with E-state index in [1.54, 1.807) is 37.7 Å². The molecule has 0 aliphatic heterocycles. The number of hydrogen-bond donors (Lipinski definition) is 1. The maximum Gasteiger partial charge on any atom is 0.243 e. The van der Waals surface area contributed by atoms with Crippen LogP contribution >= 0.6 is 0 Å². The monoisotopic (exact) mass is 523 g/mol. The van der Waals surface area contributed by atoms with Crippen LogP contribution in [0.3, 0.4) is 0 Å². The van der Waals surface area contributed by atoms with Crippen LogP contribution < -0.4 is 10.1 Å². The minimum absolute atomic E-state index is 0.137. The van der Waals surface area contributed by atoms with Gasteiger partial charge in [-0.1, -0.05) is 42.0 Å². The molecule has 0 saturated carbocycles. The number of aryl methyl sites for hydroxylation is 3. The average Bonchev–Trinajstić information content (AvgIpc) is 3.54. The van der Waals surface area contributed by atoms with E-state index in [4.69, 9.17) is 4.74 Å². The van der Waals surface area contributed by atoms with E-state index in [1.807, 2.05) is 48.0 Å². The number of carbonyl (C=O) groups excluding carboxylic acids is 1. The number of amides is 1. The molecule has 3 aromatic carbocycles. The van der Waals surface area contributed by atoms with Gasteiger partial charge in [0.15, 0.2) is 0 Å². The molecule has 0 radical (unpaired) electrons. The first-order valence-electron chi connectivity index (χ1n) is 13.4. The minimum atomic E-state index is -0.223. The summed E-state index contributed by atoms with van der Waals surface area (Å²) >= 11 is 0. The summed E-state index contributed by atoms with van der Waals surface area (Å²) in [5.41, 5.74) is 7.59. The molecule has 1 aliphatic carbocycles. The molecule has 1 atom stereocenters. The fourth-order valence-corrected chi connectivity index (χ4v) is 5.71. The van der Waals surface area contributed by atoms with Gasteiger partial charge in [-0.15, -0.1) is 0 Å². The first-order valence-corrected chi connectivity index (χ1v) is 13.4. The third-order valence-electron chi connectivity index (χ3n) is 7.70. The lowest BCUT2D eigenvalue weighted by Crippen LogP contribution is -2.28. The Bertz CT molecular complexity index is 1510. The highest BCUT2D eigenvalue weighted by atomic mass is 19.1. The number of hydrogen-bond acceptors (Lipinski definition) is 3. The molecular weight excluding hydrogens is 489 g/mol. The van der Waals surface area contributed by atoms with Gasteiger partial charge in [-0.3, -0.25) is 4.79 Å². The summed E-state index contributed by atoms with van der Waals surface area (Å²) in [6.07, 6.45) is 10.7. The smallest absolute Gasteiger partial charge is 0.243 e. The summed E-state index contributed by atoms with van der Waals surface area (Å²) in [5, 5.41) is 3.03. The number of fused-ring (bicyclic) bond motifs is 1. The normalized spacial score (nSPS) is 16.4. The van der Waals surface area contributed by atoms with Gasteiger partial charge in [0, 0.05) is 24.2 Å². The van der Waals surface area contributed by atoms with Crippen LogP contribution in [0.1, 0.15) is 52.8 Å². The Morgan fingerprint density at radius 1 is 1.13 bits per heavy atom. The minimum Gasteiger partial charge on any atom is -0.495 e. The van der Waals surface area contributed by atoms with Gasteiger partial charge in [0.2, 0.25) is 5.91 Å². The molecule has 39 heavy (non-hydrogen) atoms.